The van der Waals surface area contributed by atoms with Gasteiger partial charge in [-0.15, -0.1) is 0 Å². The number of aromatic hydroxyl groups is 1. The van der Waals surface area contributed by atoms with Gasteiger partial charge in [0.25, 0.3) is 11.8 Å². The lowest BCUT2D eigenvalue weighted by Gasteiger charge is -2.30. The van der Waals surface area contributed by atoms with Crippen LogP contribution in [0.1, 0.15) is 32.0 Å². The number of nitrogens with one attached hydrogen (secondary N) is 1. The number of nitrogens with two attached hydrogens (primary N) is 1. The van der Waals surface area contributed by atoms with Crippen molar-refractivity contribution in [3.05, 3.63) is 93.2 Å². The van der Waals surface area contributed by atoms with Crippen LogP contribution in [0.5, 0.6) is 5.75 Å². The number of fused-ring (bicyclic) bond motifs is 1. The first-order valence-corrected chi connectivity index (χ1v) is 12.0. The van der Waals surface area contributed by atoms with Gasteiger partial charge >= 0.3 is 0 Å². The minimum Gasteiger partial charge on any atom is -0.503 e. The van der Waals surface area contributed by atoms with Gasteiger partial charge in [0.05, 0.1) is 4.90 Å². The standard InChI is InChI=1S/C23H21FN4O6S/c24-16-5-1-14(2-6-16)11-26-22(31)18-13-27-9-10-28(23(32)19(27)21(30)20(18)29)12-15-3-7-17(8-4-15)35(25,33)34/h1-8,13,30H,9-12H2,(H,26,31)(H2,25,33,34). The van der Waals surface area contributed by atoms with E-state index in [9.17, 15) is 32.3 Å². The number of primary sulfonamides is 1. The van der Waals surface area contributed by atoms with Crippen LogP contribution in [0.15, 0.2) is 64.4 Å². The van der Waals surface area contributed by atoms with Crippen molar-refractivity contribution in [2.75, 3.05) is 6.54 Å². The highest BCUT2D eigenvalue weighted by Crippen LogP contribution is 2.22. The summed E-state index contributed by atoms with van der Waals surface area (Å²) in [6.07, 6.45) is 1.23. The number of sulfonamides is 1. The minimum atomic E-state index is -3.85. The first-order valence-electron chi connectivity index (χ1n) is 10.4. The van der Waals surface area contributed by atoms with Crippen molar-refractivity contribution in [2.45, 2.75) is 24.5 Å². The number of benzene rings is 2. The molecule has 10 nitrogen and oxygen atoms in total. The van der Waals surface area contributed by atoms with Crippen LogP contribution in [-0.4, -0.2) is 41.4 Å². The zero-order valence-corrected chi connectivity index (χ0v) is 19.1. The van der Waals surface area contributed by atoms with Gasteiger partial charge in [0.1, 0.15) is 11.4 Å². The molecule has 0 spiro atoms. The van der Waals surface area contributed by atoms with Crippen LogP contribution in [0.25, 0.3) is 0 Å². The molecule has 12 heteroatoms. The third-order valence-electron chi connectivity index (χ3n) is 5.59. The number of pyridine rings is 1. The summed E-state index contributed by atoms with van der Waals surface area (Å²) in [5, 5.41) is 18.1. The zero-order chi connectivity index (χ0) is 25.3. The van der Waals surface area contributed by atoms with Crippen LogP contribution in [-0.2, 0) is 29.7 Å². The number of rotatable bonds is 6. The Labute approximate surface area is 199 Å². The molecule has 0 fully saturated rings. The van der Waals surface area contributed by atoms with Gasteiger partial charge in [0.2, 0.25) is 15.5 Å². The van der Waals surface area contributed by atoms with Crippen molar-refractivity contribution in [3.63, 3.8) is 0 Å². The summed E-state index contributed by atoms with van der Waals surface area (Å²) in [6, 6.07) is 11.1. The molecule has 0 aliphatic carbocycles. The SMILES string of the molecule is NS(=O)(=O)c1ccc(CN2CCn3cc(C(=O)NCc4ccc(F)cc4)c(=O)c(O)c3C2=O)cc1. The third kappa shape index (κ3) is 5.08. The van der Waals surface area contributed by atoms with E-state index in [0.717, 1.165) is 0 Å². The van der Waals surface area contributed by atoms with E-state index in [-0.39, 0.29) is 42.3 Å². The highest BCUT2D eigenvalue weighted by Gasteiger charge is 2.30. The van der Waals surface area contributed by atoms with E-state index in [4.69, 9.17) is 5.14 Å². The Bertz CT molecular complexity index is 1470. The summed E-state index contributed by atoms with van der Waals surface area (Å²) in [7, 11) is -3.85. The number of amides is 2. The zero-order valence-electron chi connectivity index (χ0n) is 18.3. The van der Waals surface area contributed by atoms with Crippen molar-refractivity contribution in [1.82, 2.24) is 14.8 Å². The van der Waals surface area contributed by atoms with E-state index < -0.39 is 38.8 Å². The molecule has 1 aliphatic rings. The fraction of sp³-hybridized carbons (Fsp3) is 0.174. The largest absolute Gasteiger partial charge is 0.503 e. The van der Waals surface area contributed by atoms with Crippen molar-refractivity contribution in [3.8, 4) is 5.75 Å². The fourth-order valence-corrected chi connectivity index (χ4v) is 4.24. The summed E-state index contributed by atoms with van der Waals surface area (Å²) in [6.45, 7) is 0.583. The number of hydrogen-bond donors (Lipinski definition) is 3. The van der Waals surface area contributed by atoms with Crippen LogP contribution < -0.4 is 15.9 Å². The summed E-state index contributed by atoms with van der Waals surface area (Å²) in [5.74, 6) is -2.61. The number of aromatic nitrogens is 1. The van der Waals surface area contributed by atoms with Crippen LogP contribution in [0.4, 0.5) is 4.39 Å². The van der Waals surface area contributed by atoms with Gasteiger partial charge in [-0.05, 0) is 35.4 Å². The van der Waals surface area contributed by atoms with Gasteiger partial charge in [-0.2, -0.15) is 0 Å². The molecule has 4 N–H and O–H groups in total. The predicted octanol–water partition coefficient (Wildman–Crippen LogP) is 0.926. The van der Waals surface area contributed by atoms with E-state index in [1.165, 1.54) is 64.2 Å². The maximum atomic E-state index is 13.0. The Morgan fingerprint density at radius 1 is 1.03 bits per heavy atom. The molecule has 0 atom stereocenters. The monoisotopic (exact) mass is 500 g/mol. The van der Waals surface area contributed by atoms with E-state index in [1.807, 2.05) is 0 Å². The van der Waals surface area contributed by atoms with Crippen molar-refractivity contribution in [2.24, 2.45) is 5.14 Å². The molecule has 182 valence electrons. The third-order valence-corrected chi connectivity index (χ3v) is 6.52. The summed E-state index contributed by atoms with van der Waals surface area (Å²) >= 11 is 0. The Kier molecular flexibility index (Phi) is 6.41. The van der Waals surface area contributed by atoms with Gasteiger partial charge in [0.15, 0.2) is 11.4 Å². The van der Waals surface area contributed by atoms with Crippen molar-refractivity contribution < 1.29 is 27.5 Å². The van der Waals surface area contributed by atoms with E-state index in [2.05, 4.69) is 5.32 Å². The highest BCUT2D eigenvalue weighted by atomic mass is 32.2. The average Bonchev–Trinajstić information content (AvgIpc) is 2.82. The lowest BCUT2D eigenvalue weighted by atomic mass is 10.1. The van der Waals surface area contributed by atoms with Crippen molar-refractivity contribution >= 4 is 21.8 Å². The molecule has 4 rings (SSSR count). The predicted molar refractivity (Wildman–Crippen MR) is 122 cm³/mol. The fourth-order valence-electron chi connectivity index (χ4n) is 3.73. The molecule has 3 aromatic rings. The molecular formula is C23H21FN4O6S. The maximum absolute atomic E-state index is 13.0. The molecule has 0 bridgehead atoms. The molecular weight excluding hydrogens is 479 g/mol. The lowest BCUT2D eigenvalue weighted by molar-refractivity contribution is 0.0681. The molecule has 0 saturated heterocycles. The Hall–Kier alpha value is -4.03. The van der Waals surface area contributed by atoms with Gasteiger partial charge in [-0.3, -0.25) is 14.4 Å². The lowest BCUT2D eigenvalue weighted by Crippen LogP contribution is -2.42. The van der Waals surface area contributed by atoms with E-state index in [1.54, 1.807) is 0 Å². The Morgan fingerprint density at radius 3 is 2.29 bits per heavy atom. The average molecular weight is 501 g/mol. The number of carbonyl (C=O) groups excluding carboxylic acids is 2. The Balaban J connectivity index is 1.52. The number of nitrogens with zero attached hydrogens (tertiary/aromatic N) is 2. The van der Waals surface area contributed by atoms with Gasteiger partial charge in [-0.25, -0.2) is 17.9 Å². The topological polar surface area (TPSA) is 152 Å². The maximum Gasteiger partial charge on any atom is 0.274 e. The van der Waals surface area contributed by atoms with Crippen molar-refractivity contribution in [1.29, 1.82) is 0 Å². The number of hydrogen-bond acceptors (Lipinski definition) is 6. The summed E-state index contributed by atoms with van der Waals surface area (Å²) < 4.78 is 37.2. The molecule has 1 aliphatic heterocycles. The quantitative estimate of drug-likeness (QED) is 0.458. The molecule has 2 aromatic carbocycles. The molecule has 1 aromatic heterocycles. The number of carbonyl (C=O) groups is 2. The number of halogens is 1. The van der Waals surface area contributed by atoms with Crippen LogP contribution >= 0.6 is 0 Å². The van der Waals surface area contributed by atoms with Gasteiger partial charge in [-0.1, -0.05) is 24.3 Å². The second kappa shape index (κ2) is 9.31. The van der Waals surface area contributed by atoms with E-state index in [0.29, 0.717) is 11.1 Å². The molecule has 0 saturated carbocycles. The minimum absolute atomic E-state index is 0.0397. The van der Waals surface area contributed by atoms with Crippen LogP contribution in [0.2, 0.25) is 0 Å². The molecule has 2 heterocycles. The smallest absolute Gasteiger partial charge is 0.274 e. The summed E-state index contributed by atoms with van der Waals surface area (Å²) in [4.78, 5) is 39.6. The Morgan fingerprint density at radius 2 is 1.66 bits per heavy atom. The molecule has 0 radical (unpaired) electrons. The molecule has 2 amide bonds. The first kappa shape index (κ1) is 24.1. The van der Waals surface area contributed by atoms with Gasteiger partial charge in [0, 0.05) is 32.4 Å². The van der Waals surface area contributed by atoms with Crippen LogP contribution in [0.3, 0.4) is 0 Å². The van der Waals surface area contributed by atoms with Crippen LogP contribution in [0, 0.1) is 5.82 Å². The molecule has 0 unspecified atom stereocenters. The highest BCUT2D eigenvalue weighted by molar-refractivity contribution is 7.89. The second-order valence-corrected chi connectivity index (χ2v) is 9.55. The van der Waals surface area contributed by atoms with E-state index >= 15 is 0 Å². The normalized spacial score (nSPS) is 13.4. The molecule has 35 heavy (non-hydrogen) atoms. The summed E-state index contributed by atoms with van der Waals surface area (Å²) in [5.41, 5.74) is -0.311. The second-order valence-electron chi connectivity index (χ2n) is 7.99. The van der Waals surface area contributed by atoms with Gasteiger partial charge < -0.3 is 19.9 Å². The first-order chi connectivity index (χ1) is 16.5.